The van der Waals surface area contributed by atoms with Gasteiger partial charge in [0.25, 0.3) is 10.1 Å². The predicted molar refractivity (Wildman–Crippen MR) is 129 cm³/mol. The molecule has 9 heteroatoms. The van der Waals surface area contributed by atoms with Crippen molar-refractivity contribution >= 4 is 33.4 Å². The van der Waals surface area contributed by atoms with E-state index in [4.69, 9.17) is 13.9 Å². The number of amidine groups is 1. The molecule has 1 aliphatic carbocycles. The van der Waals surface area contributed by atoms with Gasteiger partial charge in [-0.05, 0) is 62.3 Å². The third kappa shape index (κ3) is 3.79. The van der Waals surface area contributed by atoms with Crippen LogP contribution in [0.2, 0.25) is 0 Å². The molecule has 6 rings (SSSR count). The van der Waals surface area contributed by atoms with Crippen LogP contribution < -0.4 is 0 Å². The summed E-state index contributed by atoms with van der Waals surface area (Å²) < 4.78 is 36.5. The number of ether oxygens (including phenoxy) is 1. The Morgan fingerprint density at radius 1 is 1.21 bits per heavy atom. The molecule has 2 unspecified atom stereocenters. The molecule has 2 fully saturated rings. The fourth-order valence-electron chi connectivity index (χ4n) is 5.01. The highest BCUT2D eigenvalue weighted by Gasteiger charge is 2.57. The molecule has 0 amide bonds. The zero-order valence-corrected chi connectivity index (χ0v) is 20.1. The lowest BCUT2D eigenvalue weighted by Crippen LogP contribution is -2.54. The highest BCUT2D eigenvalue weighted by molar-refractivity contribution is 8.04. The highest BCUT2D eigenvalue weighted by Crippen LogP contribution is 2.51. The zero-order valence-electron chi connectivity index (χ0n) is 18.5. The van der Waals surface area contributed by atoms with Crippen molar-refractivity contribution in [3.8, 4) is 0 Å². The summed E-state index contributed by atoms with van der Waals surface area (Å²) >= 11 is 1.75. The Labute approximate surface area is 198 Å². The number of hydrogen-bond acceptors (Lipinski definition) is 8. The van der Waals surface area contributed by atoms with Gasteiger partial charge in [0.15, 0.2) is 4.87 Å². The first-order valence-electron chi connectivity index (χ1n) is 11.5. The van der Waals surface area contributed by atoms with E-state index in [-0.39, 0.29) is 34.6 Å². The van der Waals surface area contributed by atoms with Crippen molar-refractivity contribution in [1.82, 2.24) is 4.90 Å². The van der Waals surface area contributed by atoms with Gasteiger partial charge < -0.3 is 9.64 Å². The molecule has 1 spiro atoms. The number of hydrogen-bond donors (Lipinski definition) is 0. The molecule has 33 heavy (non-hydrogen) atoms. The third-order valence-electron chi connectivity index (χ3n) is 6.97. The minimum atomic E-state index is -3.79. The molecule has 0 aromatic heterocycles. The second kappa shape index (κ2) is 8.08. The van der Waals surface area contributed by atoms with Gasteiger partial charge in [0, 0.05) is 12.1 Å². The Bertz CT molecular complexity index is 1160. The first-order chi connectivity index (χ1) is 16.0. The van der Waals surface area contributed by atoms with E-state index in [2.05, 4.69) is 27.5 Å². The third-order valence-corrected chi connectivity index (χ3v) is 9.44. The summed E-state index contributed by atoms with van der Waals surface area (Å²) in [6, 6.07) is 7.06. The lowest BCUT2D eigenvalue weighted by Gasteiger charge is -2.42. The van der Waals surface area contributed by atoms with Crippen LogP contribution in [0.1, 0.15) is 31.2 Å². The maximum atomic E-state index is 12.5. The van der Waals surface area contributed by atoms with Crippen LogP contribution in [0.4, 0.5) is 0 Å². The fourth-order valence-corrected chi connectivity index (χ4v) is 7.07. The van der Waals surface area contributed by atoms with E-state index in [0.29, 0.717) is 12.5 Å². The average molecular weight is 486 g/mol. The van der Waals surface area contributed by atoms with E-state index in [0.717, 1.165) is 24.1 Å². The minimum Gasteiger partial charge on any atom is -0.374 e. The summed E-state index contributed by atoms with van der Waals surface area (Å²) in [5, 5.41) is 2.11. The van der Waals surface area contributed by atoms with Crippen molar-refractivity contribution < 1.29 is 17.3 Å². The van der Waals surface area contributed by atoms with Crippen molar-refractivity contribution in [2.24, 2.45) is 15.9 Å². The molecule has 0 N–H and O–H groups in total. The van der Waals surface area contributed by atoms with Gasteiger partial charge in [-0.2, -0.15) is 8.42 Å². The number of aliphatic imine (C=N–C) groups is 2. The highest BCUT2D eigenvalue weighted by atomic mass is 32.2. The number of thioether (sulfide) groups is 1. The van der Waals surface area contributed by atoms with E-state index >= 15 is 0 Å². The lowest BCUT2D eigenvalue weighted by molar-refractivity contribution is -0.0432. The van der Waals surface area contributed by atoms with E-state index in [9.17, 15) is 8.42 Å². The number of benzene rings is 1. The maximum absolute atomic E-state index is 12.5. The summed E-state index contributed by atoms with van der Waals surface area (Å²) in [7, 11) is -3.79. The molecular formula is C24H27N3O4S2. The largest absolute Gasteiger partial charge is 0.374 e. The maximum Gasteiger partial charge on any atom is 0.297 e. The van der Waals surface area contributed by atoms with Crippen molar-refractivity contribution in [3.63, 3.8) is 0 Å². The van der Waals surface area contributed by atoms with Crippen molar-refractivity contribution in [2.75, 3.05) is 13.2 Å². The van der Waals surface area contributed by atoms with Gasteiger partial charge in [-0.1, -0.05) is 29.5 Å². The van der Waals surface area contributed by atoms with Crippen LogP contribution in [0, 0.1) is 12.8 Å². The number of aryl methyl sites for hydroxylation is 1. The van der Waals surface area contributed by atoms with Gasteiger partial charge in [0.2, 0.25) is 0 Å². The number of nitrogens with zero attached hydrogens (tertiary/aromatic N) is 3. The van der Waals surface area contributed by atoms with E-state index < -0.39 is 10.1 Å². The Kier molecular flexibility index (Phi) is 5.28. The van der Waals surface area contributed by atoms with Crippen molar-refractivity contribution in [3.05, 3.63) is 53.6 Å². The van der Waals surface area contributed by atoms with E-state index in [1.54, 1.807) is 36.0 Å². The Morgan fingerprint density at radius 3 is 2.76 bits per heavy atom. The van der Waals surface area contributed by atoms with Crippen LogP contribution in [0.15, 0.2) is 62.9 Å². The second-order valence-corrected chi connectivity index (χ2v) is 12.1. The first kappa shape index (κ1) is 21.6. The SMILES string of the molecule is Cc1ccc(S(=O)(=O)OC[C@H]2CC[C@H](N3C(C4CC4)=NC45SC=CC4=NC=CC35)CO2)cc1. The van der Waals surface area contributed by atoms with Gasteiger partial charge in [-0.15, -0.1) is 0 Å². The normalized spacial score (nSPS) is 33.0. The van der Waals surface area contributed by atoms with Gasteiger partial charge in [0.05, 0.1) is 42.0 Å². The van der Waals surface area contributed by atoms with Crippen LogP contribution >= 0.6 is 11.8 Å². The van der Waals surface area contributed by atoms with Gasteiger partial charge in [-0.25, -0.2) is 4.99 Å². The monoisotopic (exact) mass is 485 g/mol. The summed E-state index contributed by atoms with van der Waals surface area (Å²) in [5.74, 6) is 1.72. The van der Waals surface area contributed by atoms with Crippen LogP contribution in [0.25, 0.3) is 0 Å². The molecule has 7 nitrogen and oxygen atoms in total. The lowest BCUT2D eigenvalue weighted by atomic mass is 9.96. The fraction of sp³-hybridized carbons (Fsp3) is 0.500. The molecule has 4 aliphatic heterocycles. The molecule has 4 atom stereocenters. The van der Waals surface area contributed by atoms with Crippen LogP contribution in [-0.4, -0.2) is 61.1 Å². The molecule has 0 radical (unpaired) electrons. The quantitative estimate of drug-likeness (QED) is 0.572. The summed E-state index contributed by atoms with van der Waals surface area (Å²) in [5.41, 5.74) is 2.04. The van der Waals surface area contributed by atoms with Gasteiger partial charge in [-0.3, -0.25) is 9.18 Å². The molecular weight excluding hydrogens is 458 g/mol. The molecule has 174 valence electrons. The van der Waals surface area contributed by atoms with E-state index in [1.807, 2.05) is 13.1 Å². The topological polar surface area (TPSA) is 80.6 Å². The smallest absolute Gasteiger partial charge is 0.297 e. The summed E-state index contributed by atoms with van der Waals surface area (Å²) in [6.45, 7) is 2.50. The van der Waals surface area contributed by atoms with Crippen molar-refractivity contribution in [1.29, 1.82) is 0 Å². The van der Waals surface area contributed by atoms with Crippen LogP contribution in [0.3, 0.4) is 0 Å². The van der Waals surface area contributed by atoms with Gasteiger partial charge in [0.1, 0.15) is 5.84 Å². The Morgan fingerprint density at radius 2 is 2.03 bits per heavy atom. The molecule has 1 saturated carbocycles. The summed E-state index contributed by atoms with van der Waals surface area (Å²) in [4.78, 5) is 12.2. The molecule has 1 aromatic carbocycles. The predicted octanol–water partition coefficient (Wildman–Crippen LogP) is 3.67. The number of rotatable bonds is 6. The zero-order chi connectivity index (χ0) is 22.6. The van der Waals surface area contributed by atoms with Crippen LogP contribution in [0.5, 0.6) is 0 Å². The van der Waals surface area contributed by atoms with E-state index in [1.165, 1.54) is 18.7 Å². The average Bonchev–Trinajstić information content (AvgIpc) is 3.49. The molecule has 5 aliphatic rings. The second-order valence-electron chi connectivity index (χ2n) is 9.31. The van der Waals surface area contributed by atoms with Gasteiger partial charge >= 0.3 is 0 Å². The minimum absolute atomic E-state index is 0.0380. The molecule has 4 heterocycles. The molecule has 0 bridgehead atoms. The Balaban J connectivity index is 1.11. The first-order valence-corrected chi connectivity index (χ1v) is 13.8. The van der Waals surface area contributed by atoms with Crippen LogP contribution in [-0.2, 0) is 19.0 Å². The van der Waals surface area contributed by atoms with Crippen molar-refractivity contribution in [2.45, 2.75) is 60.6 Å². The molecule has 1 aromatic rings. The molecule has 1 saturated heterocycles. The standard InChI is InChI=1S/C24H27N3O4S2/c1-16-2-8-20(9-3-16)33(28,29)31-15-19-7-6-18(14-30-19)27-22-10-12-25-21-11-13-32-24(21,22)26-23(27)17-4-5-17/h2-3,8-13,17-19,22H,4-7,14-15H2,1H3/t18-,19+,22?,24?/m0/s1. The Hall–Kier alpha value is -1.94. The summed E-state index contributed by atoms with van der Waals surface area (Å²) in [6.07, 6.45) is 9.96.